The molecule has 0 aromatic heterocycles. The minimum absolute atomic E-state index is 0.110. The van der Waals surface area contributed by atoms with Gasteiger partial charge in [-0.1, -0.05) is 17.7 Å². The van der Waals surface area contributed by atoms with Gasteiger partial charge in [0, 0.05) is 18.1 Å². The molecule has 1 saturated heterocycles. The lowest BCUT2D eigenvalue weighted by atomic mass is 10.1. The van der Waals surface area contributed by atoms with Gasteiger partial charge in [-0.25, -0.2) is 0 Å². The van der Waals surface area contributed by atoms with Crippen molar-refractivity contribution in [2.45, 2.75) is 6.92 Å². The van der Waals surface area contributed by atoms with Crippen molar-refractivity contribution in [3.05, 3.63) is 52.6 Å². The van der Waals surface area contributed by atoms with Gasteiger partial charge in [0.2, 0.25) is 0 Å². The summed E-state index contributed by atoms with van der Waals surface area (Å²) in [7, 11) is 0. The summed E-state index contributed by atoms with van der Waals surface area (Å²) in [6.45, 7) is 4.37. The number of primary amides is 1. The molecule has 1 aliphatic rings. The maximum atomic E-state index is 13.0. The van der Waals surface area contributed by atoms with Gasteiger partial charge in [0.05, 0.1) is 31.2 Å². The highest BCUT2D eigenvalue weighted by Crippen LogP contribution is 2.31. The molecule has 3 N–H and O–H groups in total. The molecular formula is C24H25ClN4O5. The first-order valence-corrected chi connectivity index (χ1v) is 11.0. The molecule has 34 heavy (non-hydrogen) atoms. The molecule has 1 fully saturated rings. The number of carbonyl (C=O) groups excluding carboxylic acids is 2. The Bertz CT molecular complexity index is 1120. The van der Waals surface area contributed by atoms with Crippen LogP contribution < -0.4 is 25.4 Å². The van der Waals surface area contributed by atoms with Crippen molar-refractivity contribution in [3.8, 4) is 17.6 Å². The number of hydrogen-bond donors (Lipinski definition) is 2. The molecule has 9 nitrogen and oxygen atoms in total. The Hall–Kier alpha value is -3.74. The maximum absolute atomic E-state index is 13.0. The molecule has 2 aromatic rings. The molecule has 1 heterocycles. The largest absolute Gasteiger partial charge is 0.490 e. The quantitative estimate of drug-likeness (QED) is 0.413. The second-order valence-electron chi connectivity index (χ2n) is 7.28. The molecule has 178 valence electrons. The zero-order valence-electron chi connectivity index (χ0n) is 18.7. The van der Waals surface area contributed by atoms with Crippen LogP contribution >= 0.6 is 11.6 Å². The molecule has 10 heteroatoms. The Labute approximate surface area is 202 Å². The summed E-state index contributed by atoms with van der Waals surface area (Å²) in [5.41, 5.74) is 6.87. The fourth-order valence-electron chi connectivity index (χ4n) is 3.34. The molecule has 3 rings (SSSR count). The van der Waals surface area contributed by atoms with Crippen LogP contribution in [0.5, 0.6) is 11.5 Å². The molecule has 1 aliphatic heterocycles. The van der Waals surface area contributed by atoms with Gasteiger partial charge in [-0.2, -0.15) is 5.26 Å². The monoisotopic (exact) mass is 484 g/mol. The van der Waals surface area contributed by atoms with E-state index in [0.29, 0.717) is 60.7 Å². The van der Waals surface area contributed by atoms with E-state index in [9.17, 15) is 14.9 Å². The van der Waals surface area contributed by atoms with Crippen molar-refractivity contribution in [1.82, 2.24) is 0 Å². The average molecular weight is 485 g/mol. The molecule has 0 radical (unpaired) electrons. The Morgan fingerprint density at radius 1 is 1.21 bits per heavy atom. The number of morpholine rings is 1. The van der Waals surface area contributed by atoms with Crippen LogP contribution in [-0.2, 0) is 14.3 Å². The predicted molar refractivity (Wildman–Crippen MR) is 129 cm³/mol. The number of hydrogen-bond acceptors (Lipinski definition) is 7. The highest BCUT2D eigenvalue weighted by molar-refractivity contribution is 6.31. The van der Waals surface area contributed by atoms with Crippen molar-refractivity contribution in [2.75, 3.05) is 49.7 Å². The number of ether oxygens (including phenoxy) is 3. The SMILES string of the molecule is CCOc1cc(C=C(C#N)C(=O)Nc2cc(Cl)ccc2N2CCOCC2)ccc1OCC(N)=O. The molecule has 2 aromatic carbocycles. The number of halogens is 1. The van der Waals surface area contributed by atoms with Gasteiger partial charge in [-0.3, -0.25) is 9.59 Å². The lowest BCUT2D eigenvalue weighted by molar-refractivity contribution is -0.120. The Kier molecular flexibility index (Phi) is 8.73. The lowest BCUT2D eigenvalue weighted by Gasteiger charge is -2.30. The third-order valence-corrected chi connectivity index (χ3v) is 5.11. The van der Waals surface area contributed by atoms with Crippen molar-refractivity contribution < 1.29 is 23.8 Å². The molecule has 0 aliphatic carbocycles. The first kappa shape index (κ1) is 24.9. The van der Waals surface area contributed by atoms with E-state index in [1.165, 1.54) is 6.08 Å². The molecule has 0 spiro atoms. The number of carbonyl (C=O) groups is 2. The van der Waals surface area contributed by atoms with Gasteiger partial charge in [0.15, 0.2) is 18.1 Å². The highest BCUT2D eigenvalue weighted by atomic mass is 35.5. The van der Waals surface area contributed by atoms with Crippen LogP contribution in [0.2, 0.25) is 5.02 Å². The number of nitrogens with two attached hydrogens (primary N) is 1. The number of amides is 2. The summed E-state index contributed by atoms with van der Waals surface area (Å²) in [5, 5.41) is 12.9. The van der Waals surface area contributed by atoms with E-state index < -0.39 is 11.8 Å². The maximum Gasteiger partial charge on any atom is 0.266 e. The minimum atomic E-state index is -0.618. The smallest absolute Gasteiger partial charge is 0.266 e. The zero-order valence-corrected chi connectivity index (χ0v) is 19.4. The second kappa shape index (κ2) is 11.9. The minimum Gasteiger partial charge on any atom is -0.490 e. The van der Waals surface area contributed by atoms with Crippen molar-refractivity contribution in [2.24, 2.45) is 5.73 Å². The summed E-state index contributed by atoms with van der Waals surface area (Å²) >= 11 is 6.16. The fourth-order valence-corrected chi connectivity index (χ4v) is 3.52. The Balaban J connectivity index is 1.84. The Morgan fingerprint density at radius 3 is 2.65 bits per heavy atom. The zero-order chi connectivity index (χ0) is 24.5. The summed E-state index contributed by atoms with van der Waals surface area (Å²) in [6, 6.07) is 12.0. The van der Waals surface area contributed by atoms with Crippen LogP contribution in [0.3, 0.4) is 0 Å². The molecule has 0 bridgehead atoms. The van der Waals surface area contributed by atoms with Crippen molar-refractivity contribution in [3.63, 3.8) is 0 Å². The van der Waals surface area contributed by atoms with Crippen LogP contribution in [0.25, 0.3) is 6.08 Å². The summed E-state index contributed by atoms with van der Waals surface area (Å²) in [5.74, 6) is -0.506. The molecule has 0 unspecified atom stereocenters. The van der Waals surface area contributed by atoms with Gasteiger partial charge >= 0.3 is 0 Å². The van der Waals surface area contributed by atoms with Gasteiger partial charge in [0.1, 0.15) is 11.6 Å². The standard InChI is InChI=1S/C24H25ClN4O5/c1-2-33-22-12-16(3-6-21(22)34-15-23(27)30)11-17(14-26)24(31)28-19-13-18(25)4-5-20(19)29-7-9-32-10-8-29/h3-6,11-13H,2,7-10,15H2,1H3,(H2,27,30)(H,28,31). The second-order valence-corrected chi connectivity index (χ2v) is 7.72. The van der Waals surface area contributed by atoms with Gasteiger partial charge in [-0.05, 0) is 48.9 Å². The van der Waals surface area contributed by atoms with E-state index in [2.05, 4.69) is 10.2 Å². The van der Waals surface area contributed by atoms with Crippen LogP contribution in [0.1, 0.15) is 12.5 Å². The number of nitrogens with one attached hydrogen (secondary N) is 1. The van der Waals surface area contributed by atoms with Gasteiger partial charge in [0.25, 0.3) is 11.8 Å². The first-order chi connectivity index (χ1) is 16.4. The Morgan fingerprint density at radius 2 is 1.97 bits per heavy atom. The van der Waals surface area contributed by atoms with E-state index >= 15 is 0 Å². The van der Waals surface area contributed by atoms with E-state index in [1.807, 2.05) is 12.1 Å². The van der Waals surface area contributed by atoms with E-state index in [-0.39, 0.29) is 12.2 Å². The van der Waals surface area contributed by atoms with Crippen LogP contribution in [-0.4, -0.2) is 51.3 Å². The number of rotatable bonds is 9. The molecule has 0 atom stereocenters. The fraction of sp³-hybridized carbons (Fsp3) is 0.292. The van der Waals surface area contributed by atoms with Gasteiger partial charge in [-0.15, -0.1) is 0 Å². The lowest BCUT2D eigenvalue weighted by Crippen LogP contribution is -2.36. The first-order valence-electron chi connectivity index (χ1n) is 10.6. The van der Waals surface area contributed by atoms with E-state index in [4.69, 9.17) is 31.5 Å². The van der Waals surface area contributed by atoms with Crippen LogP contribution in [0.15, 0.2) is 42.0 Å². The van der Waals surface area contributed by atoms with Crippen LogP contribution in [0, 0.1) is 11.3 Å². The summed E-state index contributed by atoms with van der Waals surface area (Å²) in [4.78, 5) is 26.1. The normalized spacial score (nSPS) is 13.7. The predicted octanol–water partition coefficient (Wildman–Crippen LogP) is 2.99. The number of benzene rings is 2. The van der Waals surface area contributed by atoms with Crippen LogP contribution in [0.4, 0.5) is 11.4 Å². The van der Waals surface area contributed by atoms with Gasteiger partial charge < -0.3 is 30.2 Å². The summed E-state index contributed by atoms with van der Waals surface area (Å²) in [6.07, 6.45) is 1.44. The third-order valence-electron chi connectivity index (χ3n) is 4.87. The van der Waals surface area contributed by atoms with E-state index in [1.54, 1.807) is 37.3 Å². The molecule has 2 amide bonds. The van der Waals surface area contributed by atoms with Crippen molar-refractivity contribution >= 4 is 40.9 Å². The molecule has 0 saturated carbocycles. The summed E-state index contributed by atoms with van der Waals surface area (Å²) < 4.78 is 16.3. The average Bonchev–Trinajstić information content (AvgIpc) is 2.82. The number of anilines is 2. The third kappa shape index (κ3) is 6.63. The number of nitriles is 1. The number of nitrogens with zero attached hydrogens (tertiary/aromatic N) is 2. The topological polar surface area (TPSA) is 127 Å². The highest BCUT2D eigenvalue weighted by Gasteiger charge is 2.18. The molecular weight excluding hydrogens is 460 g/mol. The van der Waals surface area contributed by atoms with Crippen molar-refractivity contribution in [1.29, 1.82) is 5.26 Å². The van der Waals surface area contributed by atoms with E-state index in [0.717, 1.165) is 5.69 Å².